The monoisotopic (exact) mass is 525 g/mol. The topological polar surface area (TPSA) is 157 Å². The molecule has 35 heavy (non-hydrogen) atoms. The van der Waals surface area contributed by atoms with Gasteiger partial charge in [-0.05, 0) is 31.7 Å². The van der Waals surface area contributed by atoms with E-state index in [0.29, 0.717) is 38.5 Å². The van der Waals surface area contributed by atoms with E-state index < -0.39 is 21.5 Å². The van der Waals surface area contributed by atoms with Gasteiger partial charge in [-0.1, -0.05) is 6.92 Å². The average Bonchev–Trinajstić information content (AvgIpc) is 3.15. The second kappa shape index (κ2) is 10.3. The maximum atomic E-state index is 13.3. The Kier molecular flexibility index (Phi) is 7.84. The summed E-state index contributed by atoms with van der Waals surface area (Å²) in [7, 11) is -0.335. The number of sulfonamides is 1. The molecule has 1 amide bonds. The highest BCUT2D eigenvalue weighted by Crippen LogP contribution is 2.32. The number of carbonyl (C=O) groups excluding carboxylic acids is 1. The summed E-state index contributed by atoms with van der Waals surface area (Å²) in [6.07, 6.45) is 0.720. The summed E-state index contributed by atoms with van der Waals surface area (Å²) in [5.74, 6) is -0.427. The predicted molar refractivity (Wildman–Crippen MR) is 132 cm³/mol. The van der Waals surface area contributed by atoms with Crippen LogP contribution in [0.25, 0.3) is 22.4 Å². The number of hydrogen-bond donors (Lipinski definition) is 2. The van der Waals surface area contributed by atoms with E-state index >= 15 is 0 Å². The maximum Gasteiger partial charge on any atom is 0.277 e. The standard InChI is InChI=1S/C21H27N7O5S.ClH/c1-4-11-33-15-6-5-13(34(31,32)28-9-7-26(2)8-10-28)12-14(15)20-23-16-17(19(22)29)25-27(3)18(16)21(30)24-20;/h5-6,12H,4,7-11H2,1-3H3,(H2,22,29)(H,23,24,30);1H. The fourth-order valence-corrected chi connectivity index (χ4v) is 5.29. The molecule has 4 rings (SSSR count). The summed E-state index contributed by atoms with van der Waals surface area (Å²) in [5, 5.41) is 4.00. The minimum Gasteiger partial charge on any atom is -0.493 e. The van der Waals surface area contributed by atoms with E-state index in [2.05, 4.69) is 20.0 Å². The van der Waals surface area contributed by atoms with Crippen molar-refractivity contribution in [2.45, 2.75) is 18.2 Å². The fraction of sp³-hybridized carbons (Fsp3) is 0.429. The molecule has 1 fully saturated rings. The van der Waals surface area contributed by atoms with Crippen molar-refractivity contribution in [3.63, 3.8) is 0 Å². The molecule has 0 aliphatic carbocycles. The molecule has 3 aromatic rings. The zero-order valence-electron chi connectivity index (χ0n) is 19.6. The molecule has 1 aliphatic heterocycles. The first-order chi connectivity index (χ1) is 16.1. The molecule has 14 heteroatoms. The number of carbonyl (C=O) groups is 1. The average molecular weight is 526 g/mol. The van der Waals surface area contributed by atoms with Crippen LogP contribution in [0.2, 0.25) is 0 Å². The number of fused-ring (bicyclic) bond motifs is 1. The van der Waals surface area contributed by atoms with Crippen molar-refractivity contribution in [3.05, 3.63) is 34.2 Å². The van der Waals surface area contributed by atoms with Crippen molar-refractivity contribution in [2.75, 3.05) is 39.8 Å². The highest BCUT2D eigenvalue weighted by Gasteiger charge is 2.29. The molecule has 1 aromatic carbocycles. The van der Waals surface area contributed by atoms with Crippen molar-refractivity contribution < 1.29 is 17.9 Å². The van der Waals surface area contributed by atoms with Crippen LogP contribution in [-0.4, -0.2) is 83.1 Å². The van der Waals surface area contributed by atoms with Gasteiger partial charge in [0.15, 0.2) is 11.2 Å². The van der Waals surface area contributed by atoms with Crippen LogP contribution in [0, 0.1) is 0 Å². The van der Waals surface area contributed by atoms with E-state index in [9.17, 15) is 18.0 Å². The summed E-state index contributed by atoms with van der Waals surface area (Å²) >= 11 is 0. The number of benzene rings is 1. The van der Waals surface area contributed by atoms with Crippen LogP contribution < -0.4 is 16.0 Å². The lowest BCUT2D eigenvalue weighted by Gasteiger charge is -2.31. The van der Waals surface area contributed by atoms with E-state index in [-0.39, 0.29) is 45.4 Å². The Hall–Kier alpha value is -3.00. The number of aromatic amines is 1. The summed E-state index contributed by atoms with van der Waals surface area (Å²) in [4.78, 5) is 33.9. The largest absolute Gasteiger partial charge is 0.493 e. The first-order valence-corrected chi connectivity index (χ1v) is 12.3. The molecular weight excluding hydrogens is 498 g/mol. The van der Waals surface area contributed by atoms with Gasteiger partial charge in [0.25, 0.3) is 11.5 Å². The summed E-state index contributed by atoms with van der Waals surface area (Å²) in [6.45, 7) is 4.33. The maximum absolute atomic E-state index is 13.3. The quantitative estimate of drug-likeness (QED) is 0.453. The SMILES string of the molecule is CCCOc1ccc(S(=O)(=O)N2CCN(C)CC2)cc1-c1nc2c(C(N)=O)nn(C)c2c(=O)[nH]1.Cl. The number of primary amides is 1. The Morgan fingerprint density at radius 1 is 1.20 bits per heavy atom. The number of nitrogens with one attached hydrogen (secondary N) is 1. The van der Waals surface area contributed by atoms with Crippen LogP contribution in [-0.2, 0) is 17.1 Å². The molecule has 0 unspecified atom stereocenters. The first kappa shape index (κ1) is 26.6. The molecule has 0 spiro atoms. The van der Waals surface area contributed by atoms with Crippen LogP contribution in [0.5, 0.6) is 5.75 Å². The van der Waals surface area contributed by atoms with Crippen molar-refractivity contribution in [2.24, 2.45) is 12.8 Å². The van der Waals surface area contributed by atoms with Gasteiger partial charge >= 0.3 is 0 Å². The Labute approximate surface area is 208 Å². The summed E-state index contributed by atoms with van der Waals surface area (Å²) in [6, 6.07) is 4.47. The summed E-state index contributed by atoms with van der Waals surface area (Å²) in [5.41, 5.74) is 5.11. The van der Waals surface area contributed by atoms with Crippen LogP contribution in [0.1, 0.15) is 23.8 Å². The molecule has 12 nitrogen and oxygen atoms in total. The zero-order chi connectivity index (χ0) is 24.6. The Morgan fingerprint density at radius 2 is 1.89 bits per heavy atom. The van der Waals surface area contributed by atoms with E-state index in [1.54, 1.807) is 6.07 Å². The number of amides is 1. The predicted octanol–water partition coefficient (Wildman–Crippen LogP) is 0.569. The molecule has 3 N–H and O–H groups in total. The van der Waals surface area contributed by atoms with Crippen LogP contribution >= 0.6 is 12.4 Å². The number of rotatable bonds is 7. The third-order valence-electron chi connectivity index (χ3n) is 5.69. The molecule has 2 aromatic heterocycles. The highest BCUT2D eigenvalue weighted by molar-refractivity contribution is 7.89. The van der Waals surface area contributed by atoms with Gasteiger partial charge in [0.1, 0.15) is 17.1 Å². The molecule has 0 bridgehead atoms. The number of ether oxygens (including phenoxy) is 1. The molecule has 0 atom stereocenters. The Morgan fingerprint density at radius 3 is 2.51 bits per heavy atom. The van der Waals surface area contributed by atoms with Gasteiger partial charge in [-0.15, -0.1) is 12.4 Å². The van der Waals surface area contributed by atoms with E-state index in [1.165, 1.54) is 28.2 Å². The number of aryl methyl sites for hydroxylation is 1. The molecular formula is C21H28ClN7O5S. The fourth-order valence-electron chi connectivity index (χ4n) is 3.84. The second-order valence-corrected chi connectivity index (χ2v) is 10.1. The van der Waals surface area contributed by atoms with Gasteiger partial charge in [0.2, 0.25) is 10.0 Å². The number of hydrogen-bond acceptors (Lipinski definition) is 8. The molecule has 1 aliphatic rings. The van der Waals surface area contributed by atoms with Gasteiger partial charge in [-0.25, -0.2) is 13.4 Å². The molecule has 3 heterocycles. The van der Waals surface area contributed by atoms with Crippen molar-refractivity contribution >= 4 is 39.4 Å². The van der Waals surface area contributed by atoms with E-state index in [4.69, 9.17) is 10.5 Å². The number of aromatic nitrogens is 4. The minimum atomic E-state index is -3.78. The Balaban J connectivity index is 0.00000342. The summed E-state index contributed by atoms with van der Waals surface area (Å²) < 4.78 is 35.1. The van der Waals surface area contributed by atoms with E-state index in [0.717, 1.165) is 6.42 Å². The normalized spacial score (nSPS) is 15.2. The number of nitrogens with zero attached hydrogens (tertiary/aromatic N) is 5. The van der Waals surface area contributed by atoms with E-state index in [1.807, 2.05) is 14.0 Å². The number of H-pyrrole nitrogens is 1. The third kappa shape index (κ3) is 5.03. The highest BCUT2D eigenvalue weighted by atomic mass is 35.5. The van der Waals surface area contributed by atoms with Gasteiger partial charge < -0.3 is 20.4 Å². The van der Waals surface area contributed by atoms with Gasteiger partial charge in [0, 0.05) is 33.2 Å². The van der Waals surface area contributed by atoms with Gasteiger partial charge in [0.05, 0.1) is 17.1 Å². The smallest absolute Gasteiger partial charge is 0.277 e. The third-order valence-corrected chi connectivity index (χ3v) is 7.59. The first-order valence-electron chi connectivity index (χ1n) is 10.9. The molecule has 190 valence electrons. The van der Waals surface area contributed by atoms with Crippen molar-refractivity contribution in [1.82, 2.24) is 29.0 Å². The van der Waals surface area contributed by atoms with Crippen molar-refractivity contribution in [1.29, 1.82) is 0 Å². The molecule has 0 radical (unpaired) electrons. The van der Waals surface area contributed by atoms with Crippen LogP contribution in [0.3, 0.4) is 0 Å². The number of likely N-dealkylation sites (N-methyl/N-ethyl adjacent to an activating group) is 1. The number of piperazine rings is 1. The minimum absolute atomic E-state index is 0. The lowest BCUT2D eigenvalue weighted by Crippen LogP contribution is -2.47. The lowest BCUT2D eigenvalue weighted by atomic mass is 10.1. The lowest BCUT2D eigenvalue weighted by molar-refractivity contribution is 0.0996. The van der Waals surface area contributed by atoms with Gasteiger partial charge in [-0.3, -0.25) is 14.3 Å². The number of halogens is 1. The number of nitrogens with two attached hydrogens (primary N) is 1. The second-order valence-electron chi connectivity index (χ2n) is 8.16. The van der Waals surface area contributed by atoms with Crippen LogP contribution in [0.4, 0.5) is 0 Å². The molecule has 0 saturated carbocycles. The zero-order valence-corrected chi connectivity index (χ0v) is 21.3. The molecule has 1 saturated heterocycles. The van der Waals surface area contributed by atoms with Gasteiger partial charge in [-0.2, -0.15) is 9.40 Å². The Bertz CT molecular complexity index is 1410. The van der Waals surface area contributed by atoms with Crippen LogP contribution in [0.15, 0.2) is 27.9 Å². The van der Waals surface area contributed by atoms with Crippen molar-refractivity contribution in [3.8, 4) is 17.1 Å².